The molecule has 0 N–H and O–H groups in total. The van der Waals surface area contributed by atoms with Gasteiger partial charge < -0.3 is 4.74 Å². The Morgan fingerprint density at radius 2 is 1.79 bits per heavy atom. The third kappa shape index (κ3) is 3.20. The zero-order chi connectivity index (χ0) is 17.1. The van der Waals surface area contributed by atoms with Gasteiger partial charge in [-0.15, -0.1) is 5.10 Å². The van der Waals surface area contributed by atoms with Gasteiger partial charge in [0.15, 0.2) is 5.69 Å². The lowest BCUT2D eigenvalue weighted by Crippen LogP contribution is -2.08. The second kappa shape index (κ2) is 6.66. The molecule has 5 heteroatoms. The van der Waals surface area contributed by atoms with Crippen molar-refractivity contribution in [3.8, 4) is 5.69 Å². The maximum atomic E-state index is 12.3. The molecule has 0 saturated carbocycles. The molecule has 0 amide bonds. The largest absolute Gasteiger partial charge is 0.456 e. The molecular weight excluding hydrogens is 302 g/mol. The van der Waals surface area contributed by atoms with E-state index in [4.69, 9.17) is 4.74 Å². The van der Waals surface area contributed by atoms with E-state index in [2.05, 4.69) is 17.2 Å². The van der Waals surface area contributed by atoms with Crippen molar-refractivity contribution in [2.45, 2.75) is 27.4 Å². The predicted octanol–water partition coefficient (Wildman–Crippen LogP) is 3.55. The Hall–Kier alpha value is -2.95. The van der Waals surface area contributed by atoms with Crippen molar-refractivity contribution < 1.29 is 9.53 Å². The molecule has 0 aliphatic rings. The van der Waals surface area contributed by atoms with Crippen LogP contribution < -0.4 is 0 Å². The SMILES string of the molecule is Cc1ccc(-n2nnc(C(=O)OCc3ccccc3)c2C)cc1C. The lowest BCUT2D eigenvalue weighted by Gasteiger charge is -2.07. The summed E-state index contributed by atoms with van der Waals surface area (Å²) in [5.74, 6) is -0.466. The molecule has 3 rings (SSSR count). The van der Waals surface area contributed by atoms with Crippen LogP contribution in [0.5, 0.6) is 0 Å². The van der Waals surface area contributed by atoms with E-state index in [1.165, 1.54) is 5.56 Å². The van der Waals surface area contributed by atoms with E-state index in [9.17, 15) is 4.79 Å². The van der Waals surface area contributed by atoms with Gasteiger partial charge in [0.25, 0.3) is 0 Å². The van der Waals surface area contributed by atoms with Crippen LogP contribution in [0.15, 0.2) is 48.5 Å². The van der Waals surface area contributed by atoms with Crippen molar-refractivity contribution in [3.63, 3.8) is 0 Å². The van der Waals surface area contributed by atoms with Crippen molar-refractivity contribution >= 4 is 5.97 Å². The zero-order valence-electron chi connectivity index (χ0n) is 14.0. The average molecular weight is 321 g/mol. The van der Waals surface area contributed by atoms with Crippen molar-refractivity contribution in [2.75, 3.05) is 0 Å². The van der Waals surface area contributed by atoms with Crippen LogP contribution in [0.25, 0.3) is 5.69 Å². The van der Waals surface area contributed by atoms with E-state index in [0.29, 0.717) is 5.69 Å². The van der Waals surface area contributed by atoms with E-state index >= 15 is 0 Å². The molecular formula is C19H19N3O2. The van der Waals surface area contributed by atoms with Gasteiger partial charge in [0, 0.05) is 0 Å². The summed E-state index contributed by atoms with van der Waals surface area (Å²) in [5.41, 5.74) is 5.09. The highest BCUT2D eigenvalue weighted by Crippen LogP contribution is 2.17. The van der Waals surface area contributed by atoms with Crippen LogP contribution in [0.3, 0.4) is 0 Å². The Morgan fingerprint density at radius 1 is 1.04 bits per heavy atom. The average Bonchev–Trinajstić information content (AvgIpc) is 2.98. The van der Waals surface area contributed by atoms with Crippen LogP contribution in [-0.2, 0) is 11.3 Å². The summed E-state index contributed by atoms with van der Waals surface area (Å²) in [6, 6.07) is 15.6. The summed E-state index contributed by atoms with van der Waals surface area (Å²) in [5, 5.41) is 8.09. The highest BCUT2D eigenvalue weighted by Gasteiger charge is 2.19. The number of aromatic nitrogens is 3. The molecule has 0 aliphatic carbocycles. The Balaban J connectivity index is 1.79. The number of esters is 1. The van der Waals surface area contributed by atoms with Gasteiger partial charge in [-0.05, 0) is 49.6 Å². The fraction of sp³-hybridized carbons (Fsp3) is 0.211. The molecule has 0 radical (unpaired) electrons. The molecule has 122 valence electrons. The van der Waals surface area contributed by atoms with Crippen molar-refractivity contribution in [2.24, 2.45) is 0 Å². The fourth-order valence-electron chi connectivity index (χ4n) is 2.41. The minimum Gasteiger partial charge on any atom is -0.456 e. The third-order valence-electron chi connectivity index (χ3n) is 4.04. The Kier molecular flexibility index (Phi) is 4.42. The molecule has 0 unspecified atom stereocenters. The highest BCUT2D eigenvalue weighted by atomic mass is 16.5. The molecule has 1 heterocycles. The molecule has 0 aliphatic heterocycles. The van der Waals surface area contributed by atoms with Gasteiger partial charge in [0.05, 0.1) is 11.4 Å². The van der Waals surface area contributed by atoms with Crippen molar-refractivity contribution in [1.29, 1.82) is 0 Å². The number of hydrogen-bond acceptors (Lipinski definition) is 4. The van der Waals surface area contributed by atoms with Crippen LogP contribution in [0, 0.1) is 20.8 Å². The number of nitrogens with zero attached hydrogens (tertiary/aromatic N) is 3. The summed E-state index contributed by atoms with van der Waals surface area (Å²) in [7, 11) is 0. The van der Waals surface area contributed by atoms with Gasteiger partial charge in [-0.2, -0.15) is 0 Å². The summed E-state index contributed by atoms with van der Waals surface area (Å²) in [6.45, 7) is 6.13. The fourth-order valence-corrected chi connectivity index (χ4v) is 2.41. The normalized spacial score (nSPS) is 10.6. The minimum atomic E-state index is -0.466. The van der Waals surface area contributed by atoms with E-state index in [0.717, 1.165) is 16.8 Å². The topological polar surface area (TPSA) is 57.0 Å². The third-order valence-corrected chi connectivity index (χ3v) is 4.04. The molecule has 0 spiro atoms. The number of benzene rings is 2. The number of carbonyl (C=O) groups is 1. The maximum absolute atomic E-state index is 12.3. The Morgan fingerprint density at radius 3 is 2.50 bits per heavy atom. The van der Waals surface area contributed by atoms with Crippen LogP contribution in [0.1, 0.15) is 32.9 Å². The van der Waals surface area contributed by atoms with Gasteiger partial charge in [0.1, 0.15) is 6.61 Å². The summed E-state index contributed by atoms with van der Waals surface area (Å²) in [4.78, 5) is 12.3. The molecule has 1 aromatic heterocycles. The second-order valence-electron chi connectivity index (χ2n) is 5.77. The predicted molar refractivity (Wildman–Crippen MR) is 91.1 cm³/mol. The molecule has 24 heavy (non-hydrogen) atoms. The van der Waals surface area contributed by atoms with E-state index in [1.54, 1.807) is 4.68 Å². The van der Waals surface area contributed by atoms with Gasteiger partial charge >= 0.3 is 5.97 Å². The van der Waals surface area contributed by atoms with Crippen LogP contribution >= 0.6 is 0 Å². The van der Waals surface area contributed by atoms with Gasteiger partial charge in [-0.1, -0.05) is 41.6 Å². The molecule has 2 aromatic carbocycles. The monoisotopic (exact) mass is 321 g/mol. The quantitative estimate of drug-likeness (QED) is 0.690. The lowest BCUT2D eigenvalue weighted by atomic mass is 10.1. The number of ether oxygens (including phenoxy) is 1. The molecule has 0 fully saturated rings. The minimum absolute atomic E-state index is 0.218. The first kappa shape index (κ1) is 15.9. The smallest absolute Gasteiger partial charge is 0.361 e. The van der Waals surface area contributed by atoms with E-state index in [-0.39, 0.29) is 12.3 Å². The highest BCUT2D eigenvalue weighted by molar-refractivity contribution is 5.88. The van der Waals surface area contributed by atoms with Gasteiger partial charge in [-0.25, -0.2) is 9.48 Å². The molecule has 5 nitrogen and oxygen atoms in total. The standard InChI is InChI=1S/C19H19N3O2/c1-13-9-10-17(11-14(13)2)22-15(3)18(20-21-22)19(23)24-12-16-7-5-4-6-8-16/h4-11H,12H2,1-3H3. The lowest BCUT2D eigenvalue weighted by molar-refractivity contribution is 0.0464. The number of carbonyl (C=O) groups excluding carboxylic acids is 1. The maximum Gasteiger partial charge on any atom is 0.361 e. The first-order valence-corrected chi connectivity index (χ1v) is 7.77. The van der Waals surface area contributed by atoms with Crippen LogP contribution in [-0.4, -0.2) is 21.0 Å². The summed E-state index contributed by atoms with van der Waals surface area (Å²) < 4.78 is 6.99. The van der Waals surface area contributed by atoms with E-state index in [1.807, 2.05) is 62.4 Å². The Bertz CT molecular complexity index is 870. The van der Waals surface area contributed by atoms with Crippen LogP contribution in [0.4, 0.5) is 0 Å². The Labute approximate surface area is 140 Å². The zero-order valence-corrected chi connectivity index (χ0v) is 14.0. The van der Waals surface area contributed by atoms with Crippen molar-refractivity contribution in [1.82, 2.24) is 15.0 Å². The molecule has 0 atom stereocenters. The molecule has 3 aromatic rings. The van der Waals surface area contributed by atoms with Crippen molar-refractivity contribution in [3.05, 3.63) is 76.6 Å². The molecule has 0 bridgehead atoms. The van der Waals surface area contributed by atoms with Gasteiger partial charge in [-0.3, -0.25) is 0 Å². The summed E-state index contributed by atoms with van der Waals surface area (Å²) in [6.07, 6.45) is 0. The first-order valence-electron chi connectivity index (χ1n) is 7.77. The molecule has 0 saturated heterocycles. The number of hydrogen-bond donors (Lipinski definition) is 0. The van der Waals surface area contributed by atoms with E-state index < -0.39 is 5.97 Å². The first-order chi connectivity index (χ1) is 11.6. The number of rotatable bonds is 4. The summed E-state index contributed by atoms with van der Waals surface area (Å²) >= 11 is 0. The second-order valence-corrected chi connectivity index (χ2v) is 5.77. The van der Waals surface area contributed by atoms with Crippen LogP contribution in [0.2, 0.25) is 0 Å². The van der Waals surface area contributed by atoms with Gasteiger partial charge in [0.2, 0.25) is 0 Å². The number of aryl methyl sites for hydroxylation is 2.